The lowest BCUT2D eigenvalue weighted by Gasteiger charge is -2.48. The van der Waals surface area contributed by atoms with Crippen LogP contribution in [0.1, 0.15) is 65.9 Å². The summed E-state index contributed by atoms with van der Waals surface area (Å²) >= 11 is 8.73. The van der Waals surface area contributed by atoms with Gasteiger partial charge in [0.15, 0.2) is 8.32 Å². The van der Waals surface area contributed by atoms with E-state index in [-0.39, 0.29) is 41.4 Å². The predicted octanol–water partition coefficient (Wildman–Crippen LogP) is 6.59. The first-order valence-electron chi connectivity index (χ1n) is 12.1. The highest BCUT2D eigenvalue weighted by Gasteiger charge is 2.47. The van der Waals surface area contributed by atoms with Gasteiger partial charge >= 0.3 is 6.09 Å². The molecule has 2 aliphatic rings. The van der Waals surface area contributed by atoms with Gasteiger partial charge in [-0.2, -0.15) is 0 Å². The predicted molar refractivity (Wildman–Crippen MR) is 150 cm³/mol. The van der Waals surface area contributed by atoms with Crippen molar-refractivity contribution in [1.29, 1.82) is 0 Å². The zero-order chi connectivity index (χ0) is 26.3. The lowest BCUT2D eigenvalue weighted by Crippen LogP contribution is -2.63. The zero-order valence-electron chi connectivity index (χ0n) is 21.6. The van der Waals surface area contributed by atoms with Gasteiger partial charge in [-0.25, -0.2) is 4.79 Å². The Labute approximate surface area is 228 Å². The van der Waals surface area contributed by atoms with Gasteiger partial charge in [-0.05, 0) is 84.5 Å². The Morgan fingerprint density at radius 2 is 2.00 bits per heavy atom. The summed E-state index contributed by atoms with van der Waals surface area (Å²) in [5.74, 6) is 0.162. The number of carbonyl (C=O) groups is 2. The average Bonchev–Trinajstić information content (AvgIpc) is 2.70. The molecule has 3 unspecified atom stereocenters. The summed E-state index contributed by atoms with van der Waals surface area (Å²) < 4.78 is 7.57. The SMILES string of the molecule is CC1CC(N2C(=O)C[C@@](C)(c3cccc(I)c3Cl)N/C2=N\C(=O)O)CCC1O[Si](C)(C)C(C)(C)C. The molecule has 2 fully saturated rings. The molecule has 0 aromatic heterocycles. The summed E-state index contributed by atoms with van der Waals surface area (Å²) in [6, 6.07) is 5.50. The van der Waals surface area contributed by atoms with Crippen molar-refractivity contribution in [2.45, 2.75) is 96.1 Å². The number of aliphatic imine (C=N–C) groups is 1. The van der Waals surface area contributed by atoms with Gasteiger partial charge in [-0.15, -0.1) is 4.99 Å². The normalized spacial score (nSPS) is 29.3. The van der Waals surface area contributed by atoms with Gasteiger partial charge in [0.2, 0.25) is 11.9 Å². The van der Waals surface area contributed by atoms with Crippen molar-refractivity contribution in [3.8, 4) is 0 Å². The fraction of sp³-hybridized carbons (Fsp3) is 0.640. The molecule has 2 N–H and O–H groups in total. The Kier molecular flexibility index (Phi) is 8.35. The molecular weight excluding hydrogens is 597 g/mol. The quantitative estimate of drug-likeness (QED) is 0.288. The van der Waals surface area contributed by atoms with Crippen molar-refractivity contribution < 1.29 is 19.1 Å². The van der Waals surface area contributed by atoms with E-state index in [1.54, 1.807) is 4.90 Å². The minimum absolute atomic E-state index is 0.0761. The monoisotopic (exact) mass is 633 g/mol. The maximum Gasteiger partial charge on any atom is 0.434 e. The molecule has 4 atom stereocenters. The number of hydrogen-bond acceptors (Lipinski definition) is 3. The third-order valence-corrected chi connectivity index (χ3v) is 13.9. The van der Waals surface area contributed by atoms with Crippen LogP contribution in [0.4, 0.5) is 4.79 Å². The second-order valence-electron chi connectivity index (χ2n) is 11.6. The van der Waals surface area contributed by atoms with Crippen LogP contribution in [-0.2, 0) is 14.8 Å². The van der Waals surface area contributed by atoms with Crippen molar-refractivity contribution in [3.63, 3.8) is 0 Å². The highest BCUT2D eigenvalue weighted by atomic mass is 127. The van der Waals surface area contributed by atoms with E-state index in [1.807, 2.05) is 25.1 Å². The Morgan fingerprint density at radius 3 is 2.57 bits per heavy atom. The van der Waals surface area contributed by atoms with Gasteiger partial charge in [0.05, 0.1) is 17.0 Å². The van der Waals surface area contributed by atoms with E-state index in [2.05, 4.69) is 73.7 Å². The van der Waals surface area contributed by atoms with Gasteiger partial charge in [0.1, 0.15) is 0 Å². The topological polar surface area (TPSA) is 91.2 Å². The molecule has 0 spiro atoms. The Hall–Kier alpha value is -1.17. The minimum Gasteiger partial charge on any atom is -0.463 e. The third-order valence-electron chi connectivity index (χ3n) is 7.82. The molecule has 3 rings (SSSR count). The summed E-state index contributed by atoms with van der Waals surface area (Å²) in [6.07, 6.45) is 1.23. The number of nitrogens with one attached hydrogen (secondary N) is 1. The van der Waals surface area contributed by atoms with E-state index in [4.69, 9.17) is 16.0 Å². The second-order valence-corrected chi connectivity index (χ2v) is 17.9. The first-order valence-corrected chi connectivity index (χ1v) is 16.5. The molecular formula is C25H37ClIN3O4Si. The lowest BCUT2D eigenvalue weighted by molar-refractivity contribution is -0.133. The number of benzene rings is 1. The largest absolute Gasteiger partial charge is 0.463 e. The van der Waals surface area contributed by atoms with Crippen LogP contribution in [0.2, 0.25) is 23.2 Å². The summed E-state index contributed by atoms with van der Waals surface area (Å²) in [7, 11) is -1.92. The van der Waals surface area contributed by atoms with Crippen LogP contribution in [-0.4, -0.2) is 48.4 Å². The third kappa shape index (κ3) is 6.05. The van der Waals surface area contributed by atoms with Crippen molar-refractivity contribution in [2.24, 2.45) is 10.9 Å². The van der Waals surface area contributed by atoms with Gasteiger partial charge in [-0.1, -0.05) is 51.4 Å². The number of carbonyl (C=O) groups excluding carboxylic acids is 1. The molecule has 1 saturated heterocycles. The van der Waals surface area contributed by atoms with E-state index in [0.29, 0.717) is 5.02 Å². The minimum atomic E-state index is -1.92. The van der Waals surface area contributed by atoms with Gasteiger partial charge < -0.3 is 14.8 Å². The van der Waals surface area contributed by atoms with Crippen molar-refractivity contribution in [1.82, 2.24) is 10.2 Å². The highest BCUT2D eigenvalue weighted by Crippen LogP contribution is 2.42. The average molecular weight is 634 g/mol. The van der Waals surface area contributed by atoms with Crippen LogP contribution < -0.4 is 5.32 Å². The Bertz CT molecular complexity index is 1030. The molecule has 194 valence electrons. The van der Waals surface area contributed by atoms with E-state index in [1.165, 1.54) is 0 Å². The molecule has 1 heterocycles. The fourth-order valence-electron chi connectivity index (χ4n) is 4.80. The number of hydrogen-bond donors (Lipinski definition) is 2. The van der Waals surface area contributed by atoms with Crippen molar-refractivity contribution >= 4 is 60.5 Å². The maximum absolute atomic E-state index is 13.6. The molecule has 10 heteroatoms. The van der Waals surface area contributed by atoms with E-state index in [0.717, 1.165) is 28.4 Å². The highest BCUT2D eigenvalue weighted by molar-refractivity contribution is 14.1. The molecule has 7 nitrogen and oxygen atoms in total. The number of guanidine groups is 1. The zero-order valence-corrected chi connectivity index (χ0v) is 25.5. The van der Waals surface area contributed by atoms with Crippen LogP contribution in [0.5, 0.6) is 0 Å². The first kappa shape index (κ1) is 28.4. The molecule has 1 aliphatic heterocycles. The smallest absolute Gasteiger partial charge is 0.434 e. The molecule has 1 saturated carbocycles. The molecule has 0 radical (unpaired) electrons. The summed E-state index contributed by atoms with van der Waals surface area (Å²) in [4.78, 5) is 30.6. The van der Waals surface area contributed by atoms with Gasteiger partial charge in [0, 0.05) is 15.7 Å². The Balaban J connectivity index is 1.85. The van der Waals surface area contributed by atoms with Crippen molar-refractivity contribution in [2.75, 3.05) is 0 Å². The van der Waals surface area contributed by atoms with Gasteiger partial charge in [0.25, 0.3) is 0 Å². The van der Waals surface area contributed by atoms with E-state index >= 15 is 0 Å². The summed E-state index contributed by atoms with van der Waals surface area (Å²) in [5, 5.41) is 13.4. The fourth-order valence-corrected chi connectivity index (χ4v) is 7.10. The van der Waals surface area contributed by atoms with Crippen LogP contribution in [0.25, 0.3) is 0 Å². The number of nitrogens with zero attached hydrogens (tertiary/aromatic N) is 2. The molecule has 1 aliphatic carbocycles. The molecule has 2 amide bonds. The lowest BCUT2D eigenvalue weighted by atomic mass is 9.82. The summed E-state index contributed by atoms with van der Waals surface area (Å²) in [6.45, 7) is 15.3. The molecule has 35 heavy (non-hydrogen) atoms. The van der Waals surface area contributed by atoms with Crippen molar-refractivity contribution in [3.05, 3.63) is 32.4 Å². The maximum atomic E-state index is 13.6. The second kappa shape index (κ2) is 10.3. The number of rotatable bonds is 4. The van der Waals surface area contributed by atoms with Crippen LogP contribution in [0, 0.1) is 9.49 Å². The molecule has 1 aromatic rings. The van der Waals surface area contributed by atoms with E-state index < -0.39 is 19.9 Å². The van der Waals surface area contributed by atoms with Crippen LogP contribution in [0.3, 0.4) is 0 Å². The number of halogens is 2. The standard InChI is InChI=1S/C25H37ClIN3O4Si/c1-15-13-16(11-12-19(15)34-35(6,7)24(2,3)4)30-20(31)14-25(5,29-22(30)28-23(32)33)17-9-8-10-18(27)21(17)26/h8-10,15-16,19H,11-14H2,1-7H3,(H,28,29)(H,32,33)/t15?,16?,19?,25-/m0/s1. The van der Waals surface area contributed by atoms with Crippen LogP contribution in [0.15, 0.2) is 23.2 Å². The van der Waals surface area contributed by atoms with Crippen LogP contribution >= 0.6 is 34.2 Å². The first-order chi connectivity index (χ1) is 16.1. The Morgan fingerprint density at radius 1 is 1.34 bits per heavy atom. The number of amides is 2. The molecule has 1 aromatic carbocycles. The number of carboxylic acid groups (broad SMARTS) is 1. The van der Waals surface area contributed by atoms with E-state index in [9.17, 15) is 14.7 Å². The van der Waals surface area contributed by atoms with Gasteiger partial charge in [-0.3, -0.25) is 9.69 Å². The summed E-state index contributed by atoms with van der Waals surface area (Å²) in [5.41, 5.74) is -0.119. The molecule has 0 bridgehead atoms.